The van der Waals surface area contributed by atoms with Crippen molar-refractivity contribution >= 4 is 44.2 Å². The van der Waals surface area contributed by atoms with Gasteiger partial charge in [-0.2, -0.15) is 0 Å². The zero-order valence-corrected chi connectivity index (χ0v) is 15.9. The van der Waals surface area contributed by atoms with Crippen LogP contribution in [0, 0.1) is 0 Å². The van der Waals surface area contributed by atoms with Crippen LogP contribution >= 0.6 is 11.6 Å². The van der Waals surface area contributed by atoms with E-state index in [0.29, 0.717) is 0 Å². The van der Waals surface area contributed by atoms with Crippen LogP contribution in [-0.4, -0.2) is 29.0 Å². The van der Waals surface area contributed by atoms with Gasteiger partial charge in [0.15, 0.2) is 0 Å². The molecule has 0 saturated heterocycles. The molecule has 0 nitrogen and oxygen atoms in total. The van der Waals surface area contributed by atoms with E-state index in [4.69, 9.17) is 11.6 Å². The van der Waals surface area contributed by atoms with Crippen LogP contribution in [0.1, 0.15) is 26.2 Å². The summed E-state index contributed by atoms with van der Waals surface area (Å²) in [5.74, 6) is 0. The first-order valence-corrected chi connectivity index (χ1v) is 12.8. The Kier molecular flexibility index (Phi) is 7.02. The SMILES string of the molecule is CCCC/C=C(/[Te]c1ccc(Cl)cc1)[Si](C)(C)C. The Balaban J connectivity index is 2.78. The number of hydrogen-bond donors (Lipinski definition) is 0. The van der Waals surface area contributed by atoms with E-state index in [0.717, 1.165) is 5.02 Å². The molecule has 0 amide bonds. The molecule has 1 aromatic carbocycles. The molecule has 0 radical (unpaired) electrons. The Labute approximate surface area is 128 Å². The molecule has 0 aliphatic heterocycles. The van der Waals surface area contributed by atoms with E-state index in [2.05, 4.69) is 44.8 Å². The molecule has 0 aromatic heterocycles. The van der Waals surface area contributed by atoms with Crippen molar-refractivity contribution in [1.29, 1.82) is 0 Å². The van der Waals surface area contributed by atoms with Crippen LogP contribution in [-0.2, 0) is 0 Å². The first-order valence-electron chi connectivity index (χ1n) is 6.57. The van der Waals surface area contributed by atoms with E-state index >= 15 is 0 Å². The third kappa shape index (κ3) is 5.93. The normalized spacial score (nSPS) is 12.8. The molecule has 0 fully saturated rings. The molecule has 0 spiro atoms. The summed E-state index contributed by atoms with van der Waals surface area (Å²) in [6, 6.07) is 8.46. The zero-order chi connectivity index (χ0) is 13.6. The van der Waals surface area contributed by atoms with Crippen molar-refractivity contribution in [1.82, 2.24) is 0 Å². The summed E-state index contributed by atoms with van der Waals surface area (Å²) >= 11 is 5.76. The summed E-state index contributed by atoms with van der Waals surface area (Å²) in [7, 11) is -1.15. The fraction of sp³-hybridized carbons (Fsp3) is 0.467. The van der Waals surface area contributed by atoms with Crippen molar-refractivity contribution in [3.8, 4) is 0 Å². The van der Waals surface area contributed by atoms with Gasteiger partial charge in [-0.1, -0.05) is 0 Å². The van der Waals surface area contributed by atoms with Gasteiger partial charge in [-0.15, -0.1) is 0 Å². The van der Waals surface area contributed by atoms with Crippen LogP contribution in [0.3, 0.4) is 0 Å². The van der Waals surface area contributed by atoms with Crippen LogP contribution in [0.25, 0.3) is 0 Å². The quantitative estimate of drug-likeness (QED) is 0.488. The summed E-state index contributed by atoms with van der Waals surface area (Å²) in [6.07, 6.45) is 6.42. The number of allylic oxidation sites excluding steroid dienone is 1. The Morgan fingerprint density at radius 3 is 2.33 bits per heavy atom. The van der Waals surface area contributed by atoms with E-state index in [1.54, 1.807) is 3.24 Å². The zero-order valence-electron chi connectivity index (χ0n) is 11.8. The van der Waals surface area contributed by atoms with Gasteiger partial charge in [-0.3, -0.25) is 0 Å². The predicted octanol–water partition coefficient (Wildman–Crippen LogP) is 4.62. The Hall–Kier alpha value is 0.256. The van der Waals surface area contributed by atoms with Crippen molar-refractivity contribution in [2.24, 2.45) is 0 Å². The molecule has 18 heavy (non-hydrogen) atoms. The van der Waals surface area contributed by atoms with Gasteiger partial charge in [0, 0.05) is 0 Å². The third-order valence-corrected chi connectivity index (χ3v) is 13.1. The summed E-state index contributed by atoms with van der Waals surface area (Å²) < 4.78 is 3.30. The van der Waals surface area contributed by atoms with Gasteiger partial charge in [-0.25, -0.2) is 0 Å². The number of rotatable bonds is 6. The molecule has 0 saturated carbocycles. The second kappa shape index (κ2) is 7.75. The maximum absolute atomic E-state index is 5.95. The van der Waals surface area contributed by atoms with E-state index in [-0.39, 0.29) is 20.9 Å². The molecule has 0 aliphatic carbocycles. The van der Waals surface area contributed by atoms with Crippen LogP contribution in [0.5, 0.6) is 0 Å². The Bertz CT molecular complexity index is 390. The molecule has 0 bridgehead atoms. The summed E-state index contributed by atoms with van der Waals surface area (Å²) in [5.41, 5.74) is 0. The van der Waals surface area contributed by atoms with Crippen molar-refractivity contribution in [3.63, 3.8) is 0 Å². The standard InChI is InChI=1S/C15H23ClSiTe/c1-5-6-7-8-15(17(2,3)4)18-14-11-9-13(16)10-12-14/h8-12H,5-7H2,1-4H3/b15-8+. The van der Waals surface area contributed by atoms with Crippen LogP contribution in [0.4, 0.5) is 0 Å². The molecule has 0 N–H and O–H groups in total. The molecular weight excluding hydrogens is 371 g/mol. The molecule has 0 heterocycles. The molecule has 100 valence electrons. The maximum atomic E-state index is 5.95. The topological polar surface area (TPSA) is 0 Å². The average Bonchev–Trinajstić information content (AvgIpc) is 2.29. The monoisotopic (exact) mass is 396 g/mol. The third-order valence-electron chi connectivity index (χ3n) is 2.67. The molecule has 1 rings (SSSR count). The van der Waals surface area contributed by atoms with Gasteiger partial charge in [0.25, 0.3) is 0 Å². The van der Waals surface area contributed by atoms with E-state index in [1.807, 2.05) is 12.1 Å². The van der Waals surface area contributed by atoms with E-state index in [9.17, 15) is 0 Å². The summed E-state index contributed by atoms with van der Waals surface area (Å²) in [5, 5.41) is 0.843. The van der Waals surface area contributed by atoms with Gasteiger partial charge >= 0.3 is 129 Å². The Morgan fingerprint density at radius 2 is 1.83 bits per heavy atom. The minimum atomic E-state index is -1.15. The second-order valence-corrected chi connectivity index (χ2v) is 15.3. The molecular formula is C15H23ClSiTe. The van der Waals surface area contributed by atoms with Gasteiger partial charge in [0.05, 0.1) is 0 Å². The second-order valence-electron chi connectivity index (χ2n) is 5.52. The predicted molar refractivity (Wildman–Crippen MR) is 87.8 cm³/mol. The molecule has 3 heteroatoms. The van der Waals surface area contributed by atoms with Crippen LogP contribution < -0.4 is 3.61 Å². The molecule has 1 aromatic rings. The first-order chi connectivity index (χ1) is 8.43. The van der Waals surface area contributed by atoms with Gasteiger partial charge in [-0.05, 0) is 0 Å². The summed E-state index contributed by atoms with van der Waals surface area (Å²) in [4.78, 5) is 0. The number of hydrogen-bond acceptors (Lipinski definition) is 0. The number of unbranched alkanes of at least 4 members (excludes halogenated alkanes) is 2. The van der Waals surface area contributed by atoms with Gasteiger partial charge < -0.3 is 0 Å². The van der Waals surface area contributed by atoms with Crippen molar-refractivity contribution in [2.45, 2.75) is 45.8 Å². The van der Waals surface area contributed by atoms with Crippen LogP contribution in [0.15, 0.2) is 33.6 Å². The molecule has 0 unspecified atom stereocenters. The minimum absolute atomic E-state index is 0.193. The van der Waals surface area contributed by atoms with Crippen molar-refractivity contribution < 1.29 is 0 Å². The first kappa shape index (κ1) is 16.3. The van der Waals surface area contributed by atoms with E-state index < -0.39 is 8.07 Å². The summed E-state index contributed by atoms with van der Waals surface area (Å²) in [6.45, 7) is 9.65. The molecule has 0 aliphatic rings. The average molecular weight is 394 g/mol. The molecule has 0 atom stereocenters. The number of halogens is 1. The fourth-order valence-corrected chi connectivity index (χ4v) is 8.24. The van der Waals surface area contributed by atoms with Gasteiger partial charge in [0.1, 0.15) is 0 Å². The number of benzene rings is 1. The fourth-order valence-electron chi connectivity index (χ4n) is 1.57. The van der Waals surface area contributed by atoms with Crippen LogP contribution in [0.2, 0.25) is 24.7 Å². The van der Waals surface area contributed by atoms with Crippen molar-refractivity contribution in [3.05, 3.63) is 38.6 Å². The van der Waals surface area contributed by atoms with Crippen molar-refractivity contribution in [2.75, 3.05) is 0 Å². The van der Waals surface area contributed by atoms with E-state index in [1.165, 1.54) is 22.9 Å². The van der Waals surface area contributed by atoms with Gasteiger partial charge in [0.2, 0.25) is 0 Å². The Morgan fingerprint density at radius 1 is 1.22 bits per heavy atom.